The normalized spacial score (nSPS) is 16.3. The average molecular weight is 298 g/mol. The fraction of sp³-hybridized carbons (Fsp3) is 0.875. The topological polar surface area (TPSA) is 49.9 Å². The number of piperidine rings is 1. The Bertz CT molecular complexity index is 319. The molecule has 0 bridgehead atoms. The average Bonchev–Trinajstić information content (AvgIpc) is 2.48. The Labute approximate surface area is 128 Å². The summed E-state index contributed by atoms with van der Waals surface area (Å²) in [5, 5.41) is 0. The Morgan fingerprint density at radius 1 is 1.10 bits per heavy atom. The van der Waals surface area contributed by atoms with E-state index < -0.39 is 0 Å². The molecule has 1 aliphatic rings. The number of carbonyl (C=O) groups is 2. The summed E-state index contributed by atoms with van der Waals surface area (Å²) >= 11 is 0. The third-order valence-electron chi connectivity index (χ3n) is 3.91. The first kappa shape index (κ1) is 18.0. The minimum atomic E-state index is -0.108. The molecule has 1 heterocycles. The molecule has 1 saturated heterocycles. The Morgan fingerprint density at radius 3 is 2.14 bits per heavy atom. The molecule has 5 nitrogen and oxygen atoms in total. The number of nitrogens with zero attached hydrogens (tertiary/aromatic N) is 2. The highest BCUT2D eigenvalue weighted by atomic mass is 16.5. The molecule has 5 heteroatoms. The molecule has 0 unspecified atom stereocenters. The van der Waals surface area contributed by atoms with Crippen LogP contribution in [0.1, 0.15) is 46.5 Å². The molecule has 1 aliphatic heterocycles. The summed E-state index contributed by atoms with van der Waals surface area (Å²) in [6.07, 6.45) is 3.59. The molecule has 1 amide bonds. The zero-order chi connectivity index (χ0) is 15.7. The van der Waals surface area contributed by atoms with Gasteiger partial charge in [-0.2, -0.15) is 0 Å². The second-order valence-corrected chi connectivity index (χ2v) is 5.68. The van der Waals surface area contributed by atoms with Crippen molar-refractivity contribution in [3.63, 3.8) is 0 Å². The van der Waals surface area contributed by atoms with E-state index in [9.17, 15) is 9.59 Å². The van der Waals surface area contributed by atoms with Gasteiger partial charge >= 0.3 is 5.97 Å². The summed E-state index contributed by atoms with van der Waals surface area (Å²) < 4.78 is 5.05. The lowest BCUT2D eigenvalue weighted by Gasteiger charge is -2.32. The molecule has 0 spiro atoms. The summed E-state index contributed by atoms with van der Waals surface area (Å²) in [5.74, 6) is 0.0544. The summed E-state index contributed by atoms with van der Waals surface area (Å²) in [4.78, 5) is 28.1. The predicted molar refractivity (Wildman–Crippen MR) is 83.0 cm³/mol. The number of rotatable bonds is 8. The van der Waals surface area contributed by atoms with E-state index in [0.29, 0.717) is 26.2 Å². The van der Waals surface area contributed by atoms with Crippen LogP contribution in [-0.4, -0.2) is 61.0 Å². The molecular formula is C16H30N2O3. The van der Waals surface area contributed by atoms with Crippen molar-refractivity contribution in [1.29, 1.82) is 0 Å². The van der Waals surface area contributed by atoms with Gasteiger partial charge in [0.15, 0.2) is 0 Å². The molecule has 21 heavy (non-hydrogen) atoms. The van der Waals surface area contributed by atoms with E-state index in [1.807, 2.05) is 11.8 Å². The van der Waals surface area contributed by atoms with Crippen molar-refractivity contribution in [2.24, 2.45) is 5.92 Å². The molecule has 0 aliphatic carbocycles. The minimum absolute atomic E-state index is 0.0311. The Hall–Kier alpha value is -1.10. The van der Waals surface area contributed by atoms with E-state index >= 15 is 0 Å². The zero-order valence-corrected chi connectivity index (χ0v) is 13.8. The minimum Gasteiger partial charge on any atom is -0.466 e. The first-order valence-corrected chi connectivity index (χ1v) is 8.29. The molecule has 1 rings (SSSR count). The van der Waals surface area contributed by atoms with Crippen molar-refractivity contribution >= 4 is 11.9 Å². The monoisotopic (exact) mass is 298 g/mol. The third-order valence-corrected chi connectivity index (χ3v) is 3.91. The molecule has 0 aromatic heterocycles. The van der Waals surface area contributed by atoms with Gasteiger partial charge in [-0.1, -0.05) is 13.8 Å². The van der Waals surface area contributed by atoms with Gasteiger partial charge in [-0.15, -0.1) is 0 Å². The molecule has 0 atom stereocenters. The Balaban J connectivity index is 2.38. The van der Waals surface area contributed by atoms with Crippen LogP contribution in [0.15, 0.2) is 0 Å². The highest BCUT2D eigenvalue weighted by Crippen LogP contribution is 2.19. The van der Waals surface area contributed by atoms with E-state index in [2.05, 4.69) is 18.7 Å². The van der Waals surface area contributed by atoms with Crippen LogP contribution in [0.3, 0.4) is 0 Å². The molecule has 0 saturated carbocycles. The van der Waals surface area contributed by atoms with Gasteiger partial charge < -0.3 is 9.64 Å². The van der Waals surface area contributed by atoms with Gasteiger partial charge in [-0.05, 0) is 45.7 Å². The lowest BCUT2D eigenvalue weighted by atomic mass is 9.97. The van der Waals surface area contributed by atoms with Crippen LogP contribution < -0.4 is 0 Å². The summed E-state index contributed by atoms with van der Waals surface area (Å²) in [6.45, 7) is 10.3. The van der Waals surface area contributed by atoms with Crippen molar-refractivity contribution < 1.29 is 14.3 Å². The summed E-state index contributed by atoms with van der Waals surface area (Å²) in [6, 6.07) is 0. The number of carbonyl (C=O) groups excluding carboxylic acids is 2. The van der Waals surface area contributed by atoms with Crippen LogP contribution in [0.4, 0.5) is 0 Å². The summed E-state index contributed by atoms with van der Waals surface area (Å²) in [7, 11) is 0. The van der Waals surface area contributed by atoms with Crippen molar-refractivity contribution in [2.45, 2.75) is 46.5 Å². The third kappa shape index (κ3) is 6.04. The van der Waals surface area contributed by atoms with Gasteiger partial charge in [0.2, 0.25) is 5.91 Å². The highest BCUT2D eigenvalue weighted by molar-refractivity contribution is 5.79. The van der Waals surface area contributed by atoms with Gasteiger partial charge in [0.1, 0.15) is 0 Å². The fourth-order valence-corrected chi connectivity index (χ4v) is 2.82. The van der Waals surface area contributed by atoms with Gasteiger partial charge in [0.05, 0.1) is 19.1 Å². The van der Waals surface area contributed by atoms with Crippen molar-refractivity contribution in [2.75, 3.05) is 39.3 Å². The van der Waals surface area contributed by atoms with Crippen LogP contribution in [0, 0.1) is 5.92 Å². The smallest absolute Gasteiger partial charge is 0.309 e. The Kier molecular flexibility index (Phi) is 8.35. The van der Waals surface area contributed by atoms with Crippen LogP contribution in [0.25, 0.3) is 0 Å². The van der Waals surface area contributed by atoms with Crippen LogP contribution in [0.5, 0.6) is 0 Å². The standard InChI is InChI=1S/C16H30N2O3/c1-4-9-17(10-5-2)13-15(19)18-11-7-14(8-12-18)16(20)21-6-3/h14H,4-13H2,1-3H3. The maximum atomic E-state index is 12.3. The van der Waals surface area contributed by atoms with Gasteiger partial charge in [0.25, 0.3) is 0 Å². The van der Waals surface area contributed by atoms with Crippen LogP contribution in [0.2, 0.25) is 0 Å². The van der Waals surface area contributed by atoms with E-state index in [4.69, 9.17) is 4.74 Å². The van der Waals surface area contributed by atoms with Crippen molar-refractivity contribution in [1.82, 2.24) is 9.80 Å². The zero-order valence-electron chi connectivity index (χ0n) is 13.8. The van der Waals surface area contributed by atoms with E-state index in [-0.39, 0.29) is 17.8 Å². The van der Waals surface area contributed by atoms with Gasteiger partial charge in [0, 0.05) is 13.1 Å². The molecule has 1 fully saturated rings. The largest absolute Gasteiger partial charge is 0.466 e. The summed E-state index contributed by atoms with van der Waals surface area (Å²) in [5.41, 5.74) is 0. The van der Waals surface area contributed by atoms with Gasteiger partial charge in [-0.25, -0.2) is 0 Å². The molecule has 0 aromatic carbocycles. The van der Waals surface area contributed by atoms with Crippen molar-refractivity contribution in [3.8, 4) is 0 Å². The highest BCUT2D eigenvalue weighted by Gasteiger charge is 2.28. The number of likely N-dealkylation sites (tertiary alicyclic amines) is 1. The number of amides is 1. The Morgan fingerprint density at radius 2 is 1.67 bits per heavy atom. The molecule has 0 radical (unpaired) electrons. The lowest BCUT2D eigenvalue weighted by molar-refractivity contribution is -0.151. The first-order valence-electron chi connectivity index (χ1n) is 8.29. The first-order chi connectivity index (χ1) is 10.1. The number of hydrogen-bond acceptors (Lipinski definition) is 4. The van der Waals surface area contributed by atoms with Crippen LogP contribution >= 0.6 is 0 Å². The van der Waals surface area contributed by atoms with E-state index in [0.717, 1.165) is 38.8 Å². The molecule has 0 N–H and O–H groups in total. The SMILES string of the molecule is CCCN(CCC)CC(=O)N1CCC(C(=O)OCC)CC1. The lowest BCUT2D eigenvalue weighted by Crippen LogP contribution is -2.45. The molecule has 122 valence electrons. The molecule has 0 aromatic rings. The number of ether oxygens (including phenoxy) is 1. The van der Waals surface area contributed by atoms with Gasteiger partial charge in [-0.3, -0.25) is 14.5 Å². The molecular weight excluding hydrogens is 268 g/mol. The number of esters is 1. The van der Waals surface area contributed by atoms with E-state index in [1.54, 1.807) is 0 Å². The number of hydrogen-bond donors (Lipinski definition) is 0. The maximum absolute atomic E-state index is 12.3. The van der Waals surface area contributed by atoms with Crippen LogP contribution in [-0.2, 0) is 14.3 Å². The quantitative estimate of drug-likeness (QED) is 0.642. The predicted octanol–water partition coefficient (Wildman–Crippen LogP) is 1.91. The van der Waals surface area contributed by atoms with Crippen molar-refractivity contribution in [3.05, 3.63) is 0 Å². The maximum Gasteiger partial charge on any atom is 0.309 e. The van der Waals surface area contributed by atoms with E-state index in [1.165, 1.54) is 0 Å². The second kappa shape index (κ2) is 9.77. The second-order valence-electron chi connectivity index (χ2n) is 5.68. The fourth-order valence-electron chi connectivity index (χ4n) is 2.82.